The van der Waals surface area contributed by atoms with E-state index >= 15 is 0 Å². The third kappa shape index (κ3) is 5.77. The number of nitrogens with zero attached hydrogens (tertiary/aromatic N) is 2. The van der Waals surface area contributed by atoms with Crippen LogP contribution in [-0.2, 0) is 4.74 Å². The maximum Gasteiger partial charge on any atom is 0.0826 e. The summed E-state index contributed by atoms with van der Waals surface area (Å²) in [6, 6.07) is 0. The van der Waals surface area contributed by atoms with Gasteiger partial charge in [-0.3, -0.25) is 0 Å². The van der Waals surface area contributed by atoms with Crippen LogP contribution in [0.5, 0.6) is 0 Å². The minimum atomic E-state index is -0.309. The summed E-state index contributed by atoms with van der Waals surface area (Å²) in [4.78, 5) is 4.25. The molecule has 2 N–H and O–H groups in total. The number of hydrogen-bond acceptors (Lipinski definition) is 5. The molecule has 2 atom stereocenters. The van der Waals surface area contributed by atoms with Crippen LogP contribution in [-0.4, -0.2) is 87.6 Å². The lowest BCUT2D eigenvalue weighted by molar-refractivity contribution is -0.0193. The van der Waals surface area contributed by atoms with E-state index in [0.717, 1.165) is 26.2 Å². The van der Waals surface area contributed by atoms with Gasteiger partial charge in [0.2, 0.25) is 0 Å². The van der Waals surface area contributed by atoms with Gasteiger partial charge in [-0.1, -0.05) is 0 Å². The minimum Gasteiger partial charge on any atom is -0.390 e. The lowest BCUT2D eigenvalue weighted by Crippen LogP contribution is -2.46. The number of hydrogen-bond donors (Lipinski definition) is 2. The van der Waals surface area contributed by atoms with E-state index in [4.69, 9.17) is 4.74 Å². The maximum atomic E-state index is 9.65. The van der Waals surface area contributed by atoms with Crippen molar-refractivity contribution in [3.05, 3.63) is 0 Å². The average Bonchev–Trinajstić information content (AvgIpc) is 2.16. The van der Waals surface area contributed by atoms with Crippen molar-refractivity contribution in [3.63, 3.8) is 0 Å². The Bertz CT molecular complexity index is 190. The number of morpholine rings is 1. The molecular formula is C11H25N3O2. The molecule has 0 saturated carbocycles. The van der Waals surface area contributed by atoms with Crippen molar-refractivity contribution < 1.29 is 9.84 Å². The Morgan fingerprint density at radius 3 is 2.94 bits per heavy atom. The highest BCUT2D eigenvalue weighted by Gasteiger charge is 2.17. The third-order valence-corrected chi connectivity index (χ3v) is 2.67. The van der Waals surface area contributed by atoms with Gasteiger partial charge in [-0.2, -0.15) is 0 Å². The summed E-state index contributed by atoms with van der Waals surface area (Å²) in [6.45, 7) is 4.93. The maximum absolute atomic E-state index is 9.65. The summed E-state index contributed by atoms with van der Waals surface area (Å²) < 4.78 is 5.62. The molecule has 0 bridgehead atoms. The molecule has 1 saturated heterocycles. The van der Waals surface area contributed by atoms with Gasteiger partial charge in [0.25, 0.3) is 0 Å². The molecule has 0 spiro atoms. The van der Waals surface area contributed by atoms with Gasteiger partial charge in [-0.25, -0.2) is 0 Å². The van der Waals surface area contributed by atoms with E-state index in [1.165, 1.54) is 0 Å². The van der Waals surface area contributed by atoms with Gasteiger partial charge >= 0.3 is 0 Å². The summed E-state index contributed by atoms with van der Waals surface area (Å²) in [6.07, 6.45) is -0.0540. The molecule has 0 aromatic heterocycles. The van der Waals surface area contributed by atoms with Crippen LogP contribution in [0.4, 0.5) is 0 Å². The van der Waals surface area contributed by atoms with Gasteiger partial charge < -0.3 is 25.0 Å². The second-order valence-electron chi connectivity index (χ2n) is 4.83. The molecule has 0 aromatic rings. The van der Waals surface area contributed by atoms with Gasteiger partial charge in [0.1, 0.15) is 0 Å². The van der Waals surface area contributed by atoms with Crippen molar-refractivity contribution in [3.8, 4) is 0 Å². The van der Waals surface area contributed by atoms with Gasteiger partial charge in [0.15, 0.2) is 0 Å². The standard InChI is InChI=1S/C11H25N3O2/c1-13(2)8-10(15)6-12-7-11-9-14(3)4-5-16-11/h10-12,15H,4-9H2,1-3H3. The Kier molecular flexibility index (Phi) is 6.23. The molecular weight excluding hydrogens is 206 g/mol. The van der Waals surface area contributed by atoms with E-state index in [0.29, 0.717) is 13.1 Å². The normalized spacial score (nSPS) is 24.9. The summed E-state index contributed by atoms with van der Waals surface area (Å²) in [5, 5.41) is 12.9. The molecule has 2 unspecified atom stereocenters. The van der Waals surface area contributed by atoms with E-state index in [9.17, 15) is 5.11 Å². The van der Waals surface area contributed by atoms with Crippen molar-refractivity contribution in [1.82, 2.24) is 15.1 Å². The zero-order valence-electron chi connectivity index (χ0n) is 10.6. The summed E-state index contributed by atoms with van der Waals surface area (Å²) >= 11 is 0. The monoisotopic (exact) mass is 231 g/mol. The molecule has 0 amide bonds. The van der Waals surface area contributed by atoms with Gasteiger partial charge in [0, 0.05) is 32.7 Å². The zero-order valence-corrected chi connectivity index (χ0v) is 10.6. The first-order chi connectivity index (χ1) is 7.58. The Labute approximate surface area is 98.4 Å². The first-order valence-electron chi connectivity index (χ1n) is 5.91. The smallest absolute Gasteiger partial charge is 0.0826 e. The predicted molar refractivity (Wildman–Crippen MR) is 64.7 cm³/mol. The van der Waals surface area contributed by atoms with Gasteiger partial charge in [-0.15, -0.1) is 0 Å². The molecule has 1 aliphatic heterocycles. The lowest BCUT2D eigenvalue weighted by Gasteiger charge is -2.30. The number of likely N-dealkylation sites (N-methyl/N-ethyl adjacent to an activating group) is 2. The van der Waals surface area contributed by atoms with Crippen LogP contribution in [0, 0.1) is 0 Å². The fraction of sp³-hybridized carbons (Fsp3) is 1.00. The average molecular weight is 231 g/mol. The van der Waals surface area contributed by atoms with Crippen molar-refractivity contribution in [1.29, 1.82) is 0 Å². The fourth-order valence-corrected chi connectivity index (χ4v) is 1.89. The van der Waals surface area contributed by atoms with Gasteiger partial charge in [-0.05, 0) is 21.1 Å². The predicted octanol–water partition coefficient (Wildman–Crippen LogP) is -1.17. The Morgan fingerprint density at radius 1 is 1.56 bits per heavy atom. The van der Waals surface area contributed by atoms with Crippen molar-refractivity contribution in [2.24, 2.45) is 0 Å². The fourth-order valence-electron chi connectivity index (χ4n) is 1.89. The first-order valence-corrected chi connectivity index (χ1v) is 5.91. The summed E-state index contributed by atoms with van der Waals surface area (Å²) in [5.41, 5.74) is 0. The van der Waals surface area contributed by atoms with Crippen LogP contribution >= 0.6 is 0 Å². The molecule has 5 nitrogen and oxygen atoms in total. The SMILES string of the molecule is CN(C)CC(O)CNCC1CN(C)CCO1. The van der Waals surface area contributed by atoms with Gasteiger partial charge in [0.05, 0.1) is 18.8 Å². The molecule has 1 aliphatic rings. The summed E-state index contributed by atoms with van der Waals surface area (Å²) in [7, 11) is 6.03. The second kappa shape index (κ2) is 7.19. The van der Waals surface area contributed by atoms with Crippen LogP contribution in [0.25, 0.3) is 0 Å². The number of aliphatic hydroxyl groups excluding tert-OH is 1. The van der Waals surface area contributed by atoms with Crippen molar-refractivity contribution in [2.45, 2.75) is 12.2 Å². The molecule has 0 aromatic carbocycles. The lowest BCUT2D eigenvalue weighted by atomic mass is 10.2. The van der Waals surface area contributed by atoms with Crippen LogP contribution in [0.2, 0.25) is 0 Å². The van der Waals surface area contributed by atoms with E-state index in [1.54, 1.807) is 0 Å². The molecule has 1 heterocycles. The third-order valence-electron chi connectivity index (χ3n) is 2.67. The largest absolute Gasteiger partial charge is 0.390 e. The quantitative estimate of drug-likeness (QED) is 0.603. The van der Waals surface area contributed by atoms with E-state index in [-0.39, 0.29) is 12.2 Å². The topological polar surface area (TPSA) is 48.0 Å². The number of ether oxygens (including phenoxy) is 1. The Morgan fingerprint density at radius 2 is 2.31 bits per heavy atom. The van der Waals surface area contributed by atoms with Crippen molar-refractivity contribution in [2.75, 3.05) is 60.5 Å². The summed E-state index contributed by atoms with van der Waals surface area (Å²) in [5.74, 6) is 0. The first kappa shape index (κ1) is 13.9. The Balaban J connectivity index is 2.05. The highest BCUT2D eigenvalue weighted by molar-refractivity contribution is 4.72. The van der Waals surface area contributed by atoms with E-state index in [2.05, 4.69) is 17.3 Å². The van der Waals surface area contributed by atoms with Crippen LogP contribution in [0.1, 0.15) is 0 Å². The second-order valence-corrected chi connectivity index (χ2v) is 4.83. The van der Waals surface area contributed by atoms with E-state index < -0.39 is 0 Å². The number of rotatable bonds is 6. The minimum absolute atomic E-state index is 0.255. The molecule has 5 heteroatoms. The molecule has 1 rings (SSSR count). The molecule has 1 fully saturated rings. The number of nitrogens with one attached hydrogen (secondary N) is 1. The van der Waals surface area contributed by atoms with Crippen LogP contribution in [0.15, 0.2) is 0 Å². The molecule has 96 valence electrons. The Hall–Kier alpha value is -0.200. The highest BCUT2D eigenvalue weighted by Crippen LogP contribution is 2.01. The van der Waals surface area contributed by atoms with Crippen LogP contribution < -0.4 is 5.32 Å². The molecule has 0 radical (unpaired) electrons. The number of aliphatic hydroxyl groups is 1. The molecule has 16 heavy (non-hydrogen) atoms. The van der Waals surface area contributed by atoms with E-state index in [1.807, 2.05) is 19.0 Å². The molecule has 0 aliphatic carbocycles. The van der Waals surface area contributed by atoms with Crippen LogP contribution in [0.3, 0.4) is 0 Å². The highest BCUT2D eigenvalue weighted by atomic mass is 16.5. The van der Waals surface area contributed by atoms with Crippen molar-refractivity contribution >= 4 is 0 Å². The zero-order chi connectivity index (χ0) is 12.0.